The number of nitrogens with one attached hydrogen (secondary N) is 1. The van der Waals surface area contributed by atoms with Gasteiger partial charge in [-0.2, -0.15) is 4.72 Å². The van der Waals surface area contributed by atoms with Crippen LogP contribution in [0.5, 0.6) is 11.5 Å². The average Bonchev–Trinajstić information content (AvgIpc) is 2.91. The number of sulfonamides is 1. The van der Waals surface area contributed by atoms with Crippen LogP contribution in [0.2, 0.25) is 0 Å². The summed E-state index contributed by atoms with van der Waals surface area (Å²) in [7, 11) is -2.40. The van der Waals surface area contributed by atoms with Gasteiger partial charge in [-0.05, 0) is 60.4 Å². The van der Waals surface area contributed by atoms with Crippen molar-refractivity contribution in [3.63, 3.8) is 0 Å². The fraction of sp³-hybridized carbons (Fsp3) is 0.241. The van der Waals surface area contributed by atoms with E-state index in [9.17, 15) is 18.0 Å². The lowest BCUT2D eigenvalue weighted by atomic mass is 10.0. The molecule has 0 aliphatic heterocycles. The minimum absolute atomic E-state index is 0.0581. The van der Waals surface area contributed by atoms with E-state index in [1.54, 1.807) is 50.4 Å². The van der Waals surface area contributed by atoms with Crippen LogP contribution in [0.3, 0.4) is 0 Å². The third-order valence-corrected chi connectivity index (χ3v) is 7.87. The largest absolute Gasteiger partial charge is 0.497 e. The molecule has 0 saturated carbocycles. The Morgan fingerprint density at radius 2 is 1.63 bits per heavy atom. The molecule has 1 heterocycles. The van der Waals surface area contributed by atoms with E-state index in [1.165, 1.54) is 24.3 Å². The summed E-state index contributed by atoms with van der Waals surface area (Å²) in [4.78, 5) is 25.5. The van der Waals surface area contributed by atoms with Gasteiger partial charge in [-0.15, -0.1) is 0 Å². The molecule has 0 spiro atoms. The second-order valence-corrected chi connectivity index (χ2v) is 10.8. The van der Waals surface area contributed by atoms with Crippen LogP contribution >= 0.6 is 0 Å². The monoisotopic (exact) mass is 535 g/mol. The Morgan fingerprint density at radius 3 is 2.26 bits per heavy atom. The Morgan fingerprint density at radius 1 is 0.974 bits per heavy atom. The highest BCUT2D eigenvalue weighted by Crippen LogP contribution is 2.31. The van der Waals surface area contributed by atoms with E-state index in [2.05, 4.69) is 4.72 Å². The summed E-state index contributed by atoms with van der Waals surface area (Å²) >= 11 is 0. The maximum absolute atomic E-state index is 13.2. The van der Waals surface area contributed by atoms with Gasteiger partial charge in [0.25, 0.3) is 0 Å². The number of carbonyl (C=O) groups excluding carboxylic acids is 1. The molecule has 9 heteroatoms. The van der Waals surface area contributed by atoms with E-state index in [0.717, 1.165) is 11.1 Å². The van der Waals surface area contributed by atoms with Crippen LogP contribution in [0.25, 0.3) is 22.1 Å². The van der Waals surface area contributed by atoms with Crippen molar-refractivity contribution in [3.05, 3.63) is 88.8 Å². The van der Waals surface area contributed by atoms with E-state index in [4.69, 9.17) is 13.9 Å². The molecule has 1 aromatic heterocycles. The lowest BCUT2D eigenvalue weighted by Gasteiger charge is -2.22. The zero-order valence-corrected chi connectivity index (χ0v) is 22.4. The van der Waals surface area contributed by atoms with Crippen LogP contribution in [-0.2, 0) is 14.8 Å². The first-order valence-electron chi connectivity index (χ1n) is 12.1. The van der Waals surface area contributed by atoms with Crippen LogP contribution < -0.4 is 19.8 Å². The van der Waals surface area contributed by atoms with Crippen LogP contribution in [-0.4, -0.2) is 27.5 Å². The Bertz CT molecular complexity index is 1610. The molecular formula is C29H29NO7S. The summed E-state index contributed by atoms with van der Waals surface area (Å²) in [6, 6.07) is 18.6. The molecule has 2 atom stereocenters. The summed E-state index contributed by atoms with van der Waals surface area (Å²) < 4.78 is 44.6. The van der Waals surface area contributed by atoms with Gasteiger partial charge in [0, 0.05) is 17.5 Å². The smallest absolute Gasteiger partial charge is 0.336 e. The van der Waals surface area contributed by atoms with E-state index in [1.807, 2.05) is 26.0 Å². The van der Waals surface area contributed by atoms with E-state index in [-0.39, 0.29) is 22.1 Å². The summed E-state index contributed by atoms with van der Waals surface area (Å²) in [5, 5.41) is 0.646. The molecule has 0 bridgehead atoms. The lowest BCUT2D eigenvalue weighted by molar-refractivity contribution is -0.137. The number of benzene rings is 3. The van der Waals surface area contributed by atoms with Gasteiger partial charge < -0.3 is 13.9 Å². The van der Waals surface area contributed by atoms with Crippen molar-refractivity contribution in [3.8, 4) is 22.6 Å². The normalized spacial score (nSPS) is 13.2. The van der Waals surface area contributed by atoms with Crippen molar-refractivity contribution >= 4 is 27.0 Å². The van der Waals surface area contributed by atoms with Gasteiger partial charge in [-0.25, -0.2) is 18.0 Å². The topological polar surface area (TPSA) is 112 Å². The summed E-state index contributed by atoms with van der Waals surface area (Å²) in [6.45, 7) is 5.48. The number of esters is 1. The molecule has 0 amide bonds. The summed E-state index contributed by atoms with van der Waals surface area (Å²) in [5.41, 5.74) is 2.03. The Balaban J connectivity index is 1.62. The highest BCUT2D eigenvalue weighted by Gasteiger charge is 2.31. The number of aryl methyl sites for hydroxylation is 1. The third-order valence-electron chi connectivity index (χ3n) is 6.42. The number of methoxy groups -OCH3 is 1. The zero-order valence-electron chi connectivity index (χ0n) is 21.6. The van der Waals surface area contributed by atoms with Gasteiger partial charge in [0.15, 0.2) is 0 Å². The van der Waals surface area contributed by atoms with Crippen LogP contribution in [0.1, 0.15) is 25.8 Å². The van der Waals surface area contributed by atoms with Crippen LogP contribution in [0.15, 0.2) is 86.9 Å². The predicted octanol–water partition coefficient (Wildman–Crippen LogP) is 5.08. The molecule has 0 aliphatic rings. The first-order chi connectivity index (χ1) is 18.1. The molecule has 0 fully saturated rings. The summed E-state index contributed by atoms with van der Waals surface area (Å²) in [5.74, 6) is -0.296. The molecular weight excluding hydrogens is 506 g/mol. The second kappa shape index (κ2) is 11.2. The first kappa shape index (κ1) is 27.1. The number of rotatable bonds is 9. The van der Waals surface area contributed by atoms with Crippen molar-refractivity contribution in [1.82, 2.24) is 4.72 Å². The molecule has 4 aromatic rings. The van der Waals surface area contributed by atoms with E-state index in [0.29, 0.717) is 23.1 Å². The van der Waals surface area contributed by atoms with Gasteiger partial charge in [-0.3, -0.25) is 0 Å². The molecule has 0 saturated heterocycles. The van der Waals surface area contributed by atoms with Crippen molar-refractivity contribution in [2.24, 2.45) is 5.92 Å². The average molecular weight is 536 g/mol. The maximum atomic E-state index is 13.2. The standard InChI is InChI=1S/C29H29NO7S/c1-5-19(3)28(30-38(33,34)23-13-6-18(2)7-14-23)29(32)36-22-12-15-24-25(17-27(31)37-26(24)16-22)20-8-10-21(35-4)11-9-20/h6-17,19,28,30H,5H2,1-4H3/t19-,28+/m1/s1. The molecule has 0 aliphatic carbocycles. The third kappa shape index (κ3) is 5.95. The minimum atomic E-state index is -3.97. The molecule has 0 unspecified atom stereocenters. The van der Waals surface area contributed by atoms with Gasteiger partial charge in [0.05, 0.1) is 12.0 Å². The highest BCUT2D eigenvalue weighted by atomic mass is 32.2. The molecule has 3 aromatic carbocycles. The molecule has 0 radical (unpaired) electrons. The number of hydrogen-bond acceptors (Lipinski definition) is 7. The Hall–Kier alpha value is -3.95. The highest BCUT2D eigenvalue weighted by molar-refractivity contribution is 7.89. The SMILES string of the molecule is CC[C@@H](C)[C@H](NS(=O)(=O)c1ccc(C)cc1)C(=O)Oc1ccc2c(-c3ccc(OC)cc3)cc(=O)oc2c1. The molecule has 1 N–H and O–H groups in total. The fourth-order valence-corrected chi connectivity index (χ4v) is 5.27. The van der Waals surface area contributed by atoms with Gasteiger partial charge in [-0.1, -0.05) is 50.1 Å². The lowest BCUT2D eigenvalue weighted by Crippen LogP contribution is -2.46. The van der Waals surface area contributed by atoms with Crippen molar-refractivity contribution < 1.29 is 27.1 Å². The van der Waals surface area contributed by atoms with Gasteiger partial charge in [0.1, 0.15) is 23.1 Å². The Labute approximate surface area is 221 Å². The van der Waals surface area contributed by atoms with Crippen molar-refractivity contribution in [2.75, 3.05) is 7.11 Å². The van der Waals surface area contributed by atoms with Gasteiger partial charge >= 0.3 is 11.6 Å². The van der Waals surface area contributed by atoms with Gasteiger partial charge in [0.2, 0.25) is 10.0 Å². The van der Waals surface area contributed by atoms with E-state index < -0.39 is 27.7 Å². The number of hydrogen-bond donors (Lipinski definition) is 1. The minimum Gasteiger partial charge on any atom is -0.497 e. The zero-order chi connectivity index (χ0) is 27.4. The molecule has 8 nitrogen and oxygen atoms in total. The maximum Gasteiger partial charge on any atom is 0.336 e. The number of fused-ring (bicyclic) bond motifs is 1. The van der Waals surface area contributed by atoms with Crippen molar-refractivity contribution in [2.45, 2.75) is 38.1 Å². The quantitative estimate of drug-likeness (QED) is 0.181. The molecule has 38 heavy (non-hydrogen) atoms. The van der Waals surface area contributed by atoms with Crippen LogP contribution in [0.4, 0.5) is 0 Å². The fourth-order valence-electron chi connectivity index (χ4n) is 3.98. The van der Waals surface area contributed by atoms with Crippen LogP contribution in [0, 0.1) is 12.8 Å². The second-order valence-electron chi connectivity index (χ2n) is 9.08. The number of ether oxygens (including phenoxy) is 2. The Kier molecular flexibility index (Phi) is 7.99. The predicted molar refractivity (Wildman–Crippen MR) is 145 cm³/mol. The first-order valence-corrected chi connectivity index (χ1v) is 13.6. The molecule has 4 rings (SSSR count). The summed E-state index contributed by atoms with van der Waals surface area (Å²) in [6.07, 6.45) is 0.536. The number of carbonyl (C=O) groups is 1. The molecule has 198 valence electrons. The van der Waals surface area contributed by atoms with E-state index >= 15 is 0 Å². The van der Waals surface area contributed by atoms with Crippen molar-refractivity contribution in [1.29, 1.82) is 0 Å².